The van der Waals surface area contributed by atoms with Gasteiger partial charge >= 0.3 is 46.3 Å². The summed E-state index contributed by atoms with van der Waals surface area (Å²) in [6, 6.07) is 0. The van der Waals surface area contributed by atoms with E-state index in [1.54, 1.807) is 0 Å². The van der Waals surface area contributed by atoms with Crippen LogP contribution < -0.4 is 17.5 Å². The molecule has 0 heterocycles. The van der Waals surface area contributed by atoms with Crippen LogP contribution in [0.4, 0.5) is 9.59 Å². The summed E-state index contributed by atoms with van der Waals surface area (Å²) in [6.45, 7) is 0. The molecule has 0 bridgehead atoms. The summed E-state index contributed by atoms with van der Waals surface area (Å²) in [5, 5.41) is 27.9. The summed E-state index contributed by atoms with van der Waals surface area (Å²) >= 11 is -2.70. The van der Waals surface area contributed by atoms with Gasteiger partial charge in [-0.25, -0.2) is 9.59 Å². The van der Waals surface area contributed by atoms with Gasteiger partial charge in [-0.15, -0.1) is 0 Å². The Morgan fingerprint density at radius 2 is 0.769 bits per heavy atom. The van der Waals surface area contributed by atoms with Gasteiger partial charge in [0, 0.05) is 0 Å². The number of carboxylic acid groups (broad SMARTS) is 4. The van der Waals surface area contributed by atoms with Gasteiger partial charge in [-0.3, -0.25) is 0 Å². The third-order valence-corrected chi connectivity index (χ3v) is 0. The van der Waals surface area contributed by atoms with E-state index in [4.69, 9.17) is 47.5 Å². The summed E-state index contributed by atoms with van der Waals surface area (Å²) in [7, 11) is 0. The van der Waals surface area contributed by atoms with Crippen molar-refractivity contribution in [3.8, 4) is 0 Å². The molecule has 0 aromatic carbocycles. The number of hydrogen-bond acceptors (Lipinski definition) is 6. The second-order valence-electron chi connectivity index (χ2n) is 1.20. The van der Waals surface area contributed by atoms with Gasteiger partial charge < -0.3 is 20.4 Å². The van der Waals surface area contributed by atoms with Crippen molar-refractivity contribution in [1.82, 2.24) is 0 Å². The molecule has 11 heteroatoms. The van der Waals surface area contributed by atoms with Crippen LogP contribution in [0.25, 0.3) is 0 Å². The maximum atomic E-state index is 8.56. The maximum absolute atomic E-state index is 8.56. The van der Waals surface area contributed by atoms with E-state index in [1.807, 2.05) is 0 Å². The molecule has 0 unspecified atom stereocenters. The summed E-state index contributed by atoms with van der Waals surface area (Å²) < 4.78 is 19.4. The van der Waals surface area contributed by atoms with Gasteiger partial charge in [0.1, 0.15) is 0 Å². The van der Waals surface area contributed by atoms with Crippen LogP contribution in [0.5, 0.6) is 0 Å². The van der Waals surface area contributed by atoms with Gasteiger partial charge in [-0.1, -0.05) is 0 Å². The number of nitrogens with two attached hydrogens (primary N) is 4. The first-order valence-electron chi connectivity index (χ1n) is 2.03. The molecule has 0 amide bonds. The summed E-state index contributed by atoms with van der Waals surface area (Å²) in [4.78, 5) is 17.1. The average molecular weight is 295 g/mol. The van der Waals surface area contributed by atoms with Gasteiger partial charge in [0.05, 0.1) is 0 Å². The Hall–Kier alpha value is -0.958. The molecule has 0 saturated carbocycles. The zero-order valence-corrected chi connectivity index (χ0v) is 7.79. The molecular formula is C2H12N4O6Pd. The fourth-order valence-electron chi connectivity index (χ4n) is 0. The van der Waals surface area contributed by atoms with Crippen molar-refractivity contribution in [2.75, 3.05) is 0 Å². The summed E-state index contributed by atoms with van der Waals surface area (Å²) in [5.74, 6) is 0. The van der Waals surface area contributed by atoms with Crippen LogP contribution >= 0.6 is 0 Å². The molecule has 0 aromatic heterocycles. The second-order valence-corrected chi connectivity index (χ2v) is 4.31. The molecule has 0 atom stereocenters. The van der Waals surface area contributed by atoms with Crippen LogP contribution in [0.15, 0.2) is 0 Å². The fourth-order valence-corrected chi connectivity index (χ4v) is 0. The van der Waals surface area contributed by atoms with Gasteiger partial charge in [-0.2, -0.15) is 0 Å². The van der Waals surface area contributed by atoms with Crippen LogP contribution in [0.3, 0.4) is 0 Å². The number of rotatable bonds is 0. The van der Waals surface area contributed by atoms with Gasteiger partial charge in [0.2, 0.25) is 0 Å². The van der Waals surface area contributed by atoms with E-state index in [1.165, 1.54) is 0 Å². The normalized spacial score (nSPS) is 9.54. The Kier molecular flexibility index (Phi) is 12.6. The third-order valence-electron chi connectivity index (χ3n) is 0. The molecule has 13 heavy (non-hydrogen) atoms. The molecule has 0 saturated heterocycles. The average Bonchev–Trinajstić information content (AvgIpc) is 1.50. The van der Waals surface area contributed by atoms with Crippen LogP contribution in [0.2, 0.25) is 0 Å². The molecule has 10 nitrogen and oxygen atoms in total. The quantitative estimate of drug-likeness (QED) is 0.231. The van der Waals surface area contributed by atoms with Crippen molar-refractivity contribution in [3.05, 3.63) is 0 Å². The standard InChI is InChI=1S/2CH2O3.4H2N.Pd/c2*2-1(3)4;;;;;/h2*(H2,2,3,4);4*1H2;/q;;4*-1;+4. The molecule has 0 radical (unpaired) electrons. The van der Waals surface area contributed by atoms with E-state index in [2.05, 4.69) is 0 Å². The Balaban J connectivity index is -0.000000117. The molecule has 86 valence electrons. The summed E-state index contributed by atoms with van der Waals surface area (Å²) in [6.07, 6.45) is -3.67. The van der Waals surface area contributed by atoms with Gasteiger partial charge in [-0.05, 0) is 0 Å². The Morgan fingerprint density at radius 1 is 0.769 bits per heavy atom. The van der Waals surface area contributed by atoms with Crippen molar-refractivity contribution < 1.29 is 46.5 Å². The van der Waals surface area contributed by atoms with E-state index in [-0.39, 0.29) is 0 Å². The van der Waals surface area contributed by atoms with Gasteiger partial charge in [0.25, 0.3) is 0 Å². The second kappa shape index (κ2) is 9.13. The first kappa shape index (κ1) is 18.0. The van der Waals surface area contributed by atoms with Crippen molar-refractivity contribution in [1.29, 1.82) is 0 Å². The predicted octanol–water partition coefficient (Wildman–Crippen LogP) is -1.92. The molecule has 0 aliphatic heterocycles. The van der Waals surface area contributed by atoms with Crippen molar-refractivity contribution in [2.45, 2.75) is 0 Å². The summed E-state index contributed by atoms with van der Waals surface area (Å²) in [5.41, 5.74) is 0. The topological polar surface area (TPSA) is 219 Å². The minimum atomic E-state index is -2.70. The predicted molar refractivity (Wildman–Crippen MR) is 38.1 cm³/mol. The molecular weight excluding hydrogens is 282 g/mol. The minimum absolute atomic E-state index is 1.83. The number of carbonyl (C=O) groups is 2. The van der Waals surface area contributed by atoms with E-state index in [0.29, 0.717) is 0 Å². The zero-order valence-electron chi connectivity index (χ0n) is 6.23. The fraction of sp³-hybridized carbons (Fsp3) is 0. The van der Waals surface area contributed by atoms with Crippen LogP contribution in [0, 0.1) is 0 Å². The van der Waals surface area contributed by atoms with Crippen LogP contribution in [0.1, 0.15) is 0 Å². The van der Waals surface area contributed by atoms with E-state index in [0.717, 1.165) is 0 Å². The zero-order chi connectivity index (χ0) is 11.7. The Labute approximate surface area is 76.9 Å². The van der Waals surface area contributed by atoms with E-state index >= 15 is 0 Å². The van der Waals surface area contributed by atoms with E-state index in [9.17, 15) is 0 Å². The first-order chi connectivity index (χ1) is 5.46. The van der Waals surface area contributed by atoms with Crippen molar-refractivity contribution >= 4 is 12.3 Å². The molecule has 0 fully saturated rings. The SMILES string of the molecule is O=C(O)O.O=C(O)O.[NH2][Pd]([NH2])([NH2])[NH2]. The Morgan fingerprint density at radius 3 is 0.769 bits per heavy atom. The third kappa shape index (κ3) is 984. The van der Waals surface area contributed by atoms with Crippen molar-refractivity contribution in [2.24, 2.45) is 17.5 Å². The van der Waals surface area contributed by atoms with Crippen molar-refractivity contribution in [3.63, 3.8) is 0 Å². The Bertz CT molecular complexity index is 129. The molecule has 0 rings (SSSR count). The van der Waals surface area contributed by atoms with Crippen LogP contribution in [-0.4, -0.2) is 32.7 Å². The molecule has 0 spiro atoms. The molecule has 0 aliphatic rings. The van der Waals surface area contributed by atoms with Crippen LogP contribution in [-0.2, 0) is 16.5 Å². The molecule has 0 aromatic rings. The molecule has 12 N–H and O–H groups in total. The van der Waals surface area contributed by atoms with Gasteiger partial charge in [0.15, 0.2) is 0 Å². The monoisotopic (exact) mass is 294 g/mol. The molecule has 0 aliphatic carbocycles. The first-order valence-corrected chi connectivity index (χ1v) is 5.62. The van der Waals surface area contributed by atoms with E-state index < -0.39 is 28.8 Å². The number of hydrogen-bond donors (Lipinski definition) is 8.